The SMILES string of the molecule is N#Cc1ccc(C(F)(F)F)nc1O[C@H](CCN)c1cc(Cl)no1. The normalized spacial score (nSPS) is 12.7. The number of nitriles is 1. The fourth-order valence-electron chi connectivity index (χ4n) is 1.74. The van der Waals surface area contributed by atoms with E-state index < -0.39 is 23.9 Å². The lowest BCUT2D eigenvalue weighted by atomic mass is 10.2. The molecule has 2 heterocycles. The van der Waals surface area contributed by atoms with Crippen molar-refractivity contribution < 1.29 is 22.4 Å². The second-order valence-electron chi connectivity index (χ2n) is 4.39. The summed E-state index contributed by atoms with van der Waals surface area (Å²) in [6.45, 7) is 0.157. The first kappa shape index (κ1) is 17.1. The smallest absolute Gasteiger partial charge is 0.433 e. The Labute approximate surface area is 133 Å². The van der Waals surface area contributed by atoms with Gasteiger partial charge in [0.25, 0.3) is 0 Å². The summed E-state index contributed by atoms with van der Waals surface area (Å²) in [6.07, 6.45) is -5.33. The molecule has 0 unspecified atom stereocenters. The van der Waals surface area contributed by atoms with Gasteiger partial charge in [0.2, 0.25) is 5.88 Å². The monoisotopic (exact) mass is 346 g/mol. The maximum absolute atomic E-state index is 12.7. The van der Waals surface area contributed by atoms with Gasteiger partial charge in [0, 0.05) is 12.5 Å². The molecule has 0 saturated heterocycles. The minimum absolute atomic E-state index is 0.0585. The minimum Gasteiger partial charge on any atom is -0.465 e. The van der Waals surface area contributed by atoms with Gasteiger partial charge in [-0.25, -0.2) is 4.98 Å². The van der Waals surface area contributed by atoms with Crippen LogP contribution in [0.3, 0.4) is 0 Å². The molecule has 0 spiro atoms. The largest absolute Gasteiger partial charge is 0.465 e. The summed E-state index contributed by atoms with van der Waals surface area (Å²) in [5.41, 5.74) is 4.14. The summed E-state index contributed by atoms with van der Waals surface area (Å²) >= 11 is 5.64. The number of hydrogen-bond donors (Lipinski definition) is 1. The molecule has 0 aliphatic rings. The number of pyridine rings is 1. The highest BCUT2D eigenvalue weighted by Crippen LogP contribution is 2.32. The van der Waals surface area contributed by atoms with Gasteiger partial charge < -0.3 is 15.0 Å². The number of hydrogen-bond acceptors (Lipinski definition) is 6. The standard InChI is InChI=1S/C13H10ClF3N4O2/c14-11-5-9(23-21-11)8(3-4-18)22-12-7(6-19)1-2-10(20-12)13(15,16)17/h1-2,5,8H,3-4,18H2/t8-/m1/s1. The van der Waals surface area contributed by atoms with Crippen molar-refractivity contribution in [3.8, 4) is 11.9 Å². The summed E-state index contributed by atoms with van der Waals surface area (Å²) in [7, 11) is 0. The van der Waals surface area contributed by atoms with Crippen LogP contribution in [0.4, 0.5) is 13.2 Å². The Morgan fingerprint density at radius 1 is 1.43 bits per heavy atom. The van der Waals surface area contributed by atoms with Gasteiger partial charge in [0.05, 0.1) is 0 Å². The summed E-state index contributed by atoms with van der Waals surface area (Å²) in [4.78, 5) is 3.36. The molecular weight excluding hydrogens is 337 g/mol. The highest BCUT2D eigenvalue weighted by atomic mass is 35.5. The molecule has 0 aliphatic carbocycles. The Morgan fingerprint density at radius 3 is 2.70 bits per heavy atom. The summed E-state index contributed by atoms with van der Waals surface area (Å²) < 4.78 is 48.6. The van der Waals surface area contributed by atoms with Gasteiger partial charge in [-0.05, 0) is 18.7 Å². The lowest BCUT2D eigenvalue weighted by Crippen LogP contribution is -2.15. The Bertz CT molecular complexity index is 727. The molecule has 2 aromatic heterocycles. The predicted octanol–water partition coefficient (Wildman–Crippen LogP) is 3.08. The molecule has 2 N–H and O–H groups in total. The van der Waals surface area contributed by atoms with Gasteiger partial charge in [0.15, 0.2) is 17.0 Å². The van der Waals surface area contributed by atoms with Crippen LogP contribution in [0.1, 0.15) is 29.5 Å². The van der Waals surface area contributed by atoms with Gasteiger partial charge in [-0.15, -0.1) is 0 Å². The van der Waals surface area contributed by atoms with Crippen molar-refractivity contribution in [3.63, 3.8) is 0 Å². The van der Waals surface area contributed by atoms with Gasteiger partial charge >= 0.3 is 6.18 Å². The number of aromatic nitrogens is 2. The second-order valence-corrected chi connectivity index (χ2v) is 4.78. The van der Waals surface area contributed by atoms with Gasteiger partial charge in [0.1, 0.15) is 17.3 Å². The number of ether oxygens (including phenoxy) is 1. The first-order valence-electron chi connectivity index (χ1n) is 6.32. The number of halogens is 4. The zero-order valence-electron chi connectivity index (χ0n) is 11.5. The second kappa shape index (κ2) is 6.85. The summed E-state index contributed by atoms with van der Waals surface area (Å²) in [6, 6.07) is 4.76. The van der Waals surface area contributed by atoms with Crippen LogP contribution in [-0.4, -0.2) is 16.7 Å². The van der Waals surface area contributed by atoms with Crippen molar-refractivity contribution in [1.29, 1.82) is 5.26 Å². The molecule has 23 heavy (non-hydrogen) atoms. The first-order chi connectivity index (χ1) is 10.8. The molecule has 0 saturated carbocycles. The number of nitrogens with two attached hydrogens (primary N) is 1. The zero-order valence-corrected chi connectivity index (χ0v) is 12.2. The van der Waals surface area contributed by atoms with Crippen LogP contribution >= 0.6 is 11.6 Å². The molecule has 10 heteroatoms. The molecule has 0 aliphatic heterocycles. The van der Waals surface area contributed by atoms with E-state index in [1.165, 1.54) is 6.07 Å². The van der Waals surface area contributed by atoms with E-state index in [-0.39, 0.29) is 29.4 Å². The van der Waals surface area contributed by atoms with Crippen molar-refractivity contribution in [2.45, 2.75) is 18.7 Å². The average molecular weight is 347 g/mol. The highest BCUT2D eigenvalue weighted by Gasteiger charge is 2.34. The molecule has 0 amide bonds. The Kier molecular flexibility index (Phi) is 5.08. The van der Waals surface area contributed by atoms with E-state index in [9.17, 15) is 13.2 Å². The van der Waals surface area contributed by atoms with Crippen molar-refractivity contribution in [2.24, 2.45) is 5.73 Å². The zero-order chi connectivity index (χ0) is 17.0. The van der Waals surface area contributed by atoms with Gasteiger partial charge in [-0.2, -0.15) is 18.4 Å². The maximum atomic E-state index is 12.7. The van der Waals surface area contributed by atoms with Crippen LogP contribution in [0.2, 0.25) is 5.15 Å². The quantitative estimate of drug-likeness (QED) is 0.893. The number of nitrogens with zero attached hydrogens (tertiary/aromatic N) is 3. The third-order valence-corrected chi connectivity index (χ3v) is 2.95. The van der Waals surface area contributed by atoms with Crippen LogP contribution in [-0.2, 0) is 6.18 Å². The Morgan fingerprint density at radius 2 is 2.17 bits per heavy atom. The predicted molar refractivity (Wildman–Crippen MR) is 72.5 cm³/mol. The molecule has 122 valence electrons. The van der Waals surface area contributed by atoms with E-state index >= 15 is 0 Å². The minimum atomic E-state index is -4.66. The van der Waals surface area contributed by atoms with Gasteiger partial charge in [-0.3, -0.25) is 0 Å². The van der Waals surface area contributed by atoms with E-state index in [0.29, 0.717) is 6.07 Å². The van der Waals surface area contributed by atoms with E-state index in [1.54, 1.807) is 6.07 Å². The van der Waals surface area contributed by atoms with E-state index in [1.807, 2.05) is 0 Å². The molecule has 0 fully saturated rings. The number of rotatable bonds is 5. The summed E-state index contributed by atoms with van der Waals surface area (Å²) in [5, 5.41) is 12.5. The molecular formula is C13H10ClF3N4O2. The van der Waals surface area contributed by atoms with Crippen LogP contribution < -0.4 is 10.5 Å². The topological polar surface area (TPSA) is 98.0 Å². The number of alkyl halides is 3. The van der Waals surface area contributed by atoms with Crippen molar-refractivity contribution in [3.05, 3.63) is 40.4 Å². The molecule has 0 radical (unpaired) electrons. The van der Waals surface area contributed by atoms with Crippen LogP contribution in [0, 0.1) is 11.3 Å². The third-order valence-electron chi connectivity index (χ3n) is 2.77. The fourth-order valence-corrected chi connectivity index (χ4v) is 1.88. The van der Waals surface area contributed by atoms with Crippen molar-refractivity contribution in [2.75, 3.05) is 6.54 Å². The van der Waals surface area contributed by atoms with Crippen molar-refractivity contribution >= 4 is 11.6 Å². The molecule has 2 rings (SSSR count). The fraction of sp³-hybridized carbons (Fsp3) is 0.308. The third kappa shape index (κ3) is 4.12. The van der Waals surface area contributed by atoms with Crippen LogP contribution in [0.5, 0.6) is 5.88 Å². The van der Waals surface area contributed by atoms with E-state index in [2.05, 4.69) is 10.1 Å². The van der Waals surface area contributed by atoms with Crippen molar-refractivity contribution in [1.82, 2.24) is 10.1 Å². The average Bonchev–Trinajstić information content (AvgIpc) is 2.92. The van der Waals surface area contributed by atoms with E-state index in [4.69, 9.17) is 31.9 Å². The molecule has 1 atom stereocenters. The summed E-state index contributed by atoms with van der Waals surface area (Å²) in [5.74, 6) is -0.295. The van der Waals surface area contributed by atoms with Crippen LogP contribution in [0.25, 0.3) is 0 Å². The highest BCUT2D eigenvalue weighted by molar-refractivity contribution is 6.29. The first-order valence-corrected chi connectivity index (χ1v) is 6.70. The Balaban J connectivity index is 2.37. The molecule has 0 bridgehead atoms. The van der Waals surface area contributed by atoms with Crippen LogP contribution in [0.15, 0.2) is 22.7 Å². The lowest BCUT2D eigenvalue weighted by Gasteiger charge is -2.16. The Hall–Kier alpha value is -2.31. The van der Waals surface area contributed by atoms with E-state index in [0.717, 1.165) is 6.07 Å². The molecule has 6 nitrogen and oxygen atoms in total. The lowest BCUT2D eigenvalue weighted by molar-refractivity contribution is -0.141. The van der Waals surface area contributed by atoms with Gasteiger partial charge in [-0.1, -0.05) is 16.8 Å². The maximum Gasteiger partial charge on any atom is 0.433 e. The molecule has 2 aromatic rings. The molecule has 0 aromatic carbocycles.